The smallest absolute Gasteiger partial charge is 0.407 e. The Balaban J connectivity index is 1.17. The first-order chi connectivity index (χ1) is 17.0. The van der Waals surface area contributed by atoms with E-state index in [1.807, 2.05) is 24.3 Å². The molecule has 1 aliphatic heterocycles. The Morgan fingerprint density at radius 1 is 1.00 bits per heavy atom. The lowest BCUT2D eigenvalue weighted by atomic mass is 9.91. The van der Waals surface area contributed by atoms with Gasteiger partial charge >= 0.3 is 12.1 Å². The molecule has 3 aliphatic rings. The average molecular weight is 477 g/mol. The van der Waals surface area contributed by atoms with Crippen LogP contribution in [0.5, 0.6) is 0 Å². The molecule has 2 aliphatic carbocycles. The Labute approximate surface area is 203 Å². The first-order valence-electron chi connectivity index (χ1n) is 11.9. The molecule has 5 rings (SSSR count). The van der Waals surface area contributed by atoms with Crippen LogP contribution in [-0.2, 0) is 19.1 Å². The molecular formula is C27H28N2O6. The second-order valence-electron chi connectivity index (χ2n) is 9.21. The summed E-state index contributed by atoms with van der Waals surface area (Å²) in [6, 6.07) is 15.3. The van der Waals surface area contributed by atoms with Gasteiger partial charge in [-0.2, -0.15) is 0 Å². The van der Waals surface area contributed by atoms with Gasteiger partial charge in [-0.15, -0.1) is 0 Å². The number of hydrogen-bond donors (Lipinski definition) is 3. The molecular weight excluding hydrogens is 448 g/mol. The molecule has 0 spiro atoms. The van der Waals surface area contributed by atoms with E-state index in [2.05, 4.69) is 34.9 Å². The molecule has 0 radical (unpaired) electrons. The third kappa shape index (κ3) is 4.79. The topological polar surface area (TPSA) is 114 Å². The van der Waals surface area contributed by atoms with Crippen LogP contribution in [0.25, 0.3) is 11.1 Å². The second kappa shape index (κ2) is 9.92. The Morgan fingerprint density at radius 2 is 1.69 bits per heavy atom. The summed E-state index contributed by atoms with van der Waals surface area (Å²) in [7, 11) is 0. The van der Waals surface area contributed by atoms with E-state index >= 15 is 0 Å². The molecule has 8 nitrogen and oxygen atoms in total. The number of benzene rings is 2. The number of carboxylic acid groups (broad SMARTS) is 1. The summed E-state index contributed by atoms with van der Waals surface area (Å²) < 4.78 is 11.2. The highest BCUT2D eigenvalue weighted by Crippen LogP contribution is 2.44. The maximum Gasteiger partial charge on any atom is 0.407 e. The van der Waals surface area contributed by atoms with Crippen LogP contribution in [-0.4, -0.2) is 54.5 Å². The van der Waals surface area contributed by atoms with Crippen LogP contribution in [0.4, 0.5) is 4.79 Å². The van der Waals surface area contributed by atoms with E-state index in [0.717, 1.165) is 22.3 Å². The van der Waals surface area contributed by atoms with Crippen LogP contribution in [0.1, 0.15) is 36.3 Å². The molecule has 0 aromatic heterocycles. The van der Waals surface area contributed by atoms with Crippen molar-refractivity contribution in [3.63, 3.8) is 0 Å². The van der Waals surface area contributed by atoms with Crippen molar-refractivity contribution in [1.82, 2.24) is 10.6 Å². The van der Waals surface area contributed by atoms with Crippen LogP contribution in [0, 0.1) is 5.92 Å². The van der Waals surface area contributed by atoms with Gasteiger partial charge in [0, 0.05) is 18.6 Å². The van der Waals surface area contributed by atoms with E-state index in [9.17, 15) is 19.5 Å². The molecule has 1 saturated heterocycles. The molecule has 35 heavy (non-hydrogen) atoms. The zero-order chi connectivity index (χ0) is 24.4. The monoisotopic (exact) mass is 476 g/mol. The Kier molecular flexibility index (Phi) is 6.55. The summed E-state index contributed by atoms with van der Waals surface area (Å²) in [5.74, 6) is -1.82. The number of carbonyl (C=O) groups is 3. The summed E-state index contributed by atoms with van der Waals surface area (Å²) in [5.41, 5.74) is 4.56. The number of alkyl carbamates (subject to hydrolysis) is 1. The molecule has 1 fully saturated rings. The highest BCUT2D eigenvalue weighted by atomic mass is 16.6. The molecule has 4 unspecified atom stereocenters. The number of hydrogen-bond acceptors (Lipinski definition) is 5. The minimum absolute atomic E-state index is 0.0488. The number of amides is 2. The van der Waals surface area contributed by atoms with Crippen LogP contribution in [0.3, 0.4) is 0 Å². The van der Waals surface area contributed by atoms with Gasteiger partial charge < -0.3 is 25.2 Å². The third-order valence-electron chi connectivity index (χ3n) is 7.00. The molecule has 8 heteroatoms. The van der Waals surface area contributed by atoms with Gasteiger partial charge in [0.2, 0.25) is 0 Å². The van der Waals surface area contributed by atoms with E-state index in [1.165, 1.54) is 0 Å². The Bertz CT molecular complexity index is 1120. The van der Waals surface area contributed by atoms with Gasteiger partial charge in [-0.3, -0.25) is 9.59 Å². The standard InChI is InChI=1S/C27H28N2O6/c30-25(28-17-7-5-6-16(14-17)26(31)32)24-23(12-13-34-24)29-27(33)35-15-22-20-10-3-1-8-18(20)19-9-2-4-11-21(19)22/h1-5,7-11,16-17,22-24H,6,12-15H2,(H,28,30)(H,29,33)(H,31,32). The van der Waals surface area contributed by atoms with Crippen molar-refractivity contribution in [2.75, 3.05) is 13.2 Å². The number of carbonyl (C=O) groups excluding carboxylic acids is 2. The zero-order valence-electron chi connectivity index (χ0n) is 19.2. The lowest BCUT2D eigenvalue weighted by Gasteiger charge is -2.25. The highest BCUT2D eigenvalue weighted by molar-refractivity contribution is 5.83. The van der Waals surface area contributed by atoms with Crippen molar-refractivity contribution >= 4 is 18.0 Å². The lowest BCUT2D eigenvalue weighted by Crippen LogP contribution is -2.51. The fraction of sp³-hybridized carbons (Fsp3) is 0.370. The number of ether oxygens (including phenoxy) is 2. The normalized spacial score (nSPS) is 24.9. The maximum atomic E-state index is 12.8. The summed E-state index contributed by atoms with van der Waals surface area (Å²) in [5, 5.41) is 14.9. The summed E-state index contributed by atoms with van der Waals surface area (Å²) in [6.45, 7) is 0.526. The number of aliphatic carboxylic acids is 1. The molecule has 1 heterocycles. The van der Waals surface area contributed by atoms with Gasteiger partial charge in [-0.25, -0.2) is 4.79 Å². The fourth-order valence-corrected chi connectivity index (χ4v) is 5.25. The van der Waals surface area contributed by atoms with Crippen molar-refractivity contribution in [2.24, 2.45) is 5.92 Å². The molecule has 2 amide bonds. The summed E-state index contributed by atoms with van der Waals surface area (Å²) >= 11 is 0. The predicted octanol–water partition coefficient (Wildman–Crippen LogP) is 3.22. The van der Waals surface area contributed by atoms with Crippen LogP contribution in [0.15, 0.2) is 60.7 Å². The van der Waals surface area contributed by atoms with Gasteiger partial charge in [0.15, 0.2) is 6.10 Å². The molecule has 0 saturated carbocycles. The van der Waals surface area contributed by atoms with E-state index in [4.69, 9.17) is 9.47 Å². The molecule has 0 bridgehead atoms. The van der Waals surface area contributed by atoms with Crippen LogP contribution >= 0.6 is 0 Å². The fourth-order valence-electron chi connectivity index (χ4n) is 5.25. The number of allylic oxidation sites excluding steroid dienone is 1. The van der Waals surface area contributed by atoms with Crippen molar-refractivity contribution < 1.29 is 29.0 Å². The second-order valence-corrected chi connectivity index (χ2v) is 9.21. The van der Waals surface area contributed by atoms with Gasteiger partial charge in [-0.05, 0) is 41.5 Å². The third-order valence-corrected chi connectivity index (χ3v) is 7.00. The van der Waals surface area contributed by atoms with Crippen LogP contribution < -0.4 is 10.6 Å². The van der Waals surface area contributed by atoms with E-state index in [-0.39, 0.29) is 24.5 Å². The van der Waals surface area contributed by atoms with Crippen molar-refractivity contribution in [3.05, 3.63) is 71.8 Å². The molecule has 4 atom stereocenters. The Morgan fingerprint density at radius 3 is 2.37 bits per heavy atom. The zero-order valence-corrected chi connectivity index (χ0v) is 19.2. The number of rotatable bonds is 6. The number of carboxylic acids is 1. The first kappa shape index (κ1) is 23.1. The largest absolute Gasteiger partial charge is 0.481 e. The lowest BCUT2D eigenvalue weighted by molar-refractivity contribution is -0.142. The van der Waals surface area contributed by atoms with Crippen molar-refractivity contribution in [2.45, 2.75) is 43.4 Å². The molecule has 2 aromatic rings. The number of nitrogens with one attached hydrogen (secondary N) is 2. The molecule has 3 N–H and O–H groups in total. The predicted molar refractivity (Wildman–Crippen MR) is 128 cm³/mol. The van der Waals surface area contributed by atoms with Crippen molar-refractivity contribution in [3.8, 4) is 11.1 Å². The van der Waals surface area contributed by atoms with Crippen molar-refractivity contribution in [1.29, 1.82) is 0 Å². The van der Waals surface area contributed by atoms with E-state index < -0.39 is 30.1 Å². The molecule has 182 valence electrons. The number of fused-ring (bicyclic) bond motifs is 3. The van der Waals surface area contributed by atoms with E-state index in [0.29, 0.717) is 25.9 Å². The summed E-state index contributed by atoms with van der Waals surface area (Å²) in [6.07, 6.45) is 3.40. The van der Waals surface area contributed by atoms with Gasteiger partial charge in [0.05, 0.1) is 12.0 Å². The highest BCUT2D eigenvalue weighted by Gasteiger charge is 2.37. The average Bonchev–Trinajstić information content (AvgIpc) is 3.45. The first-order valence-corrected chi connectivity index (χ1v) is 11.9. The minimum atomic E-state index is -0.875. The quantitative estimate of drug-likeness (QED) is 0.552. The summed E-state index contributed by atoms with van der Waals surface area (Å²) in [4.78, 5) is 36.7. The van der Waals surface area contributed by atoms with E-state index in [1.54, 1.807) is 12.2 Å². The van der Waals surface area contributed by atoms with Gasteiger partial charge in [-0.1, -0.05) is 60.7 Å². The van der Waals surface area contributed by atoms with Crippen LogP contribution in [0.2, 0.25) is 0 Å². The minimum Gasteiger partial charge on any atom is -0.481 e. The Hall–Kier alpha value is -3.65. The van der Waals surface area contributed by atoms with Gasteiger partial charge in [0.1, 0.15) is 6.61 Å². The van der Waals surface area contributed by atoms with Gasteiger partial charge in [0.25, 0.3) is 5.91 Å². The SMILES string of the molecule is O=C(NC1CCOC1C(=O)NC1C=CCC(C(=O)O)C1)OCC1c2ccccc2-c2ccccc21. The molecule has 2 aromatic carbocycles. The maximum absolute atomic E-state index is 12.8.